The molecule has 0 amide bonds. The smallest absolute Gasteiger partial charge is 0.131 e. The molecular weight excluding hydrogens is 190 g/mol. The molecule has 3 heteroatoms. The van der Waals surface area contributed by atoms with Crippen molar-refractivity contribution in [3.63, 3.8) is 0 Å². The summed E-state index contributed by atoms with van der Waals surface area (Å²) in [6.45, 7) is 7.39. The summed E-state index contributed by atoms with van der Waals surface area (Å²) in [7, 11) is 0. The highest BCUT2D eigenvalue weighted by atomic mass is 16.5. The predicted molar refractivity (Wildman–Crippen MR) is 61.0 cm³/mol. The lowest BCUT2D eigenvalue weighted by Crippen LogP contribution is -2.42. The maximum Gasteiger partial charge on any atom is 0.131 e. The summed E-state index contributed by atoms with van der Waals surface area (Å²) < 4.78 is 5.36. The highest BCUT2D eigenvalue weighted by Gasteiger charge is 2.22. The van der Waals surface area contributed by atoms with E-state index < -0.39 is 0 Å². The van der Waals surface area contributed by atoms with Crippen molar-refractivity contribution in [3.05, 3.63) is 0 Å². The molecule has 1 rings (SSSR count). The Hall–Kier alpha value is -0.410. The van der Waals surface area contributed by atoms with E-state index in [4.69, 9.17) is 4.74 Å². The number of piperidine rings is 1. The van der Waals surface area contributed by atoms with E-state index >= 15 is 0 Å². The van der Waals surface area contributed by atoms with E-state index in [9.17, 15) is 4.79 Å². The van der Waals surface area contributed by atoms with E-state index in [-0.39, 0.29) is 0 Å². The van der Waals surface area contributed by atoms with Crippen LogP contribution in [-0.2, 0) is 9.53 Å². The summed E-state index contributed by atoms with van der Waals surface area (Å²) in [5, 5.41) is 0. The molecule has 1 unspecified atom stereocenters. The zero-order valence-corrected chi connectivity index (χ0v) is 10.00. The summed E-state index contributed by atoms with van der Waals surface area (Å²) >= 11 is 0. The van der Waals surface area contributed by atoms with Gasteiger partial charge in [0.05, 0.1) is 6.61 Å². The molecule has 0 aromatic carbocycles. The van der Waals surface area contributed by atoms with Crippen molar-refractivity contribution < 1.29 is 9.53 Å². The van der Waals surface area contributed by atoms with Crippen LogP contribution in [0.5, 0.6) is 0 Å². The quantitative estimate of drug-likeness (QED) is 0.631. The number of rotatable bonds is 6. The topological polar surface area (TPSA) is 29.5 Å². The maximum atomic E-state index is 11.1. The Kier molecular flexibility index (Phi) is 5.88. The van der Waals surface area contributed by atoms with Crippen LogP contribution in [0.4, 0.5) is 0 Å². The summed E-state index contributed by atoms with van der Waals surface area (Å²) in [5.74, 6) is 0.309. The first-order valence-electron chi connectivity index (χ1n) is 6.05. The summed E-state index contributed by atoms with van der Waals surface area (Å²) in [6.07, 6.45) is 4.42. The fraction of sp³-hybridized carbons (Fsp3) is 0.917. The largest absolute Gasteiger partial charge is 0.380 e. The van der Waals surface area contributed by atoms with Gasteiger partial charge in [0.2, 0.25) is 0 Å². The van der Waals surface area contributed by atoms with E-state index in [1.807, 2.05) is 6.92 Å². The van der Waals surface area contributed by atoms with Crippen molar-refractivity contribution in [1.29, 1.82) is 0 Å². The van der Waals surface area contributed by atoms with Crippen LogP contribution in [-0.4, -0.2) is 43.0 Å². The highest BCUT2D eigenvalue weighted by Crippen LogP contribution is 2.19. The number of nitrogens with zero attached hydrogens (tertiary/aromatic N) is 1. The number of carbonyl (C=O) groups excluding carboxylic acids is 1. The molecule has 0 aliphatic carbocycles. The molecule has 0 saturated carbocycles. The molecule has 3 nitrogen and oxygen atoms in total. The SMILES string of the molecule is CCOCCN1CCCCC1CC(C)=O. The second-order valence-electron chi connectivity index (χ2n) is 4.29. The molecule has 1 saturated heterocycles. The number of hydrogen-bond donors (Lipinski definition) is 0. The molecule has 1 aliphatic heterocycles. The second-order valence-corrected chi connectivity index (χ2v) is 4.29. The lowest BCUT2D eigenvalue weighted by Gasteiger charge is -2.35. The van der Waals surface area contributed by atoms with Gasteiger partial charge in [0.1, 0.15) is 5.78 Å². The summed E-state index contributed by atoms with van der Waals surface area (Å²) in [6, 6.07) is 0.469. The minimum Gasteiger partial charge on any atom is -0.380 e. The second kappa shape index (κ2) is 6.96. The maximum absolute atomic E-state index is 11.1. The highest BCUT2D eigenvalue weighted by molar-refractivity contribution is 5.76. The van der Waals surface area contributed by atoms with E-state index in [1.165, 1.54) is 19.3 Å². The predicted octanol–water partition coefficient (Wildman–Crippen LogP) is 1.86. The van der Waals surface area contributed by atoms with Crippen LogP contribution in [0.15, 0.2) is 0 Å². The van der Waals surface area contributed by atoms with Crippen LogP contribution in [0.1, 0.15) is 39.5 Å². The first-order chi connectivity index (χ1) is 7.24. The lowest BCUT2D eigenvalue weighted by atomic mass is 9.98. The average Bonchev–Trinajstić information content (AvgIpc) is 2.20. The van der Waals surface area contributed by atoms with Crippen molar-refractivity contribution >= 4 is 5.78 Å². The molecule has 15 heavy (non-hydrogen) atoms. The Balaban J connectivity index is 2.32. The molecule has 1 aliphatic rings. The van der Waals surface area contributed by atoms with Gasteiger partial charge in [-0.2, -0.15) is 0 Å². The number of hydrogen-bond acceptors (Lipinski definition) is 3. The Morgan fingerprint density at radius 3 is 2.93 bits per heavy atom. The molecule has 0 N–H and O–H groups in total. The standard InChI is InChI=1S/C12H23NO2/c1-3-15-9-8-13-7-5-4-6-12(13)10-11(2)14/h12H,3-10H2,1-2H3. The minimum absolute atomic E-state index is 0.309. The molecule has 1 heterocycles. The Morgan fingerprint density at radius 1 is 1.47 bits per heavy atom. The van der Waals surface area contributed by atoms with Crippen LogP contribution >= 0.6 is 0 Å². The van der Waals surface area contributed by atoms with Gasteiger partial charge in [-0.3, -0.25) is 9.69 Å². The van der Waals surface area contributed by atoms with Crippen LogP contribution in [0, 0.1) is 0 Å². The van der Waals surface area contributed by atoms with E-state index in [1.54, 1.807) is 6.92 Å². The third-order valence-electron chi connectivity index (χ3n) is 3.00. The number of ketones is 1. The van der Waals surface area contributed by atoms with E-state index in [2.05, 4.69) is 4.90 Å². The zero-order chi connectivity index (χ0) is 11.1. The fourth-order valence-corrected chi connectivity index (χ4v) is 2.24. The van der Waals surface area contributed by atoms with Gasteiger partial charge in [0.15, 0.2) is 0 Å². The van der Waals surface area contributed by atoms with Gasteiger partial charge in [-0.05, 0) is 33.2 Å². The van der Waals surface area contributed by atoms with Gasteiger partial charge >= 0.3 is 0 Å². The molecule has 0 aromatic rings. The van der Waals surface area contributed by atoms with Crippen molar-refractivity contribution in [3.8, 4) is 0 Å². The fourth-order valence-electron chi connectivity index (χ4n) is 2.24. The third-order valence-corrected chi connectivity index (χ3v) is 3.00. The van der Waals surface area contributed by atoms with Crippen LogP contribution in [0.25, 0.3) is 0 Å². The third kappa shape index (κ3) is 4.76. The Labute approximate surface area is 92.8 Å². The van der Waals surface area contributed by atoms with Gasteiger partial charge in [0, 0.05) is 25.6 Å². The van der Waals surface area contributed by atoms with Crippen molar-refractivity contribution in [1.82, 2.24) is 4.90 Å². The molecule has 0 radical (unpaired) electrons. The number of Topliss-reactive ketones (excluding diaryl/α,β-unsaturated/α-hetero) is 1. The normalized spacial score (nSPS) is 22.9. The van der Waals surface area contributed by atoms with Gasteiger partial charge in [-0.1, -0.05) is 6.42 Å². The van der Waals surface area contributed by atoms with Gasteiger partial charge in [-0.15, -0.1) is 0 Å². The molecular formula is C12H23NO2. The molecule has 0 aromatic heterocycles. The molecule has 1 fully saturated rings. The number of ether oxygens (including phenoxy) is 1. The van der Waals surface area contributed by atoms with Crippen molar-refractivity contribution in [2.24, 2.45) is 0 Å². The Morgan fingerprint density at radius 2 is 2.27 bits per heavy atom. The Bertz CT molecular complexity index is 194. The minimum atomic E-state index is 0.309. The van der Waals surface area contributed by atoms with Crippen LogP contribution in [0.2, 0.25) is 0 Å². The monoisotopic (exact) mass is 213 g/mol. The first kappa shape index (κ1) is 12.7. The summed E-state index contributed by atoms with van der Waals surface area (Å²) in [5.41, 5.74) is 0. The van der Waals surface area contributed by atoms with Gasteiger partial charge in [-0.25, -0.2) is 0 Å². The number of carbonyl (C=O) groups is 1. The molecule has 0 bridgehead atoms. The number of likely N-dealkylation sites (tertiary alicyclic amines) is 1. The lowest BCUT2D eigenvalue weighted by molar-refractivity contribution is -0.118. The average molecular weight is 213 g/mol. The molecule has 1 atom stereocenters. The van der Waals surface area contributed by atoms with Crippen molar-refractivity contribution in [2.45, 2.75) is 45.6 Å². The zero-order valence-electron chi connectivity index (χ0n) is 10.00. The first-order valence-corrected chi connectivity index (χ1v) is 6.05. The van der Waals surface area contributed by atoms with Gasteiger partial charge < -0.3 is 4.74 Å². The van der Waals surface area contributed by atoms with Crippen LogP contribution in [0.3, 0.4) is 0 Å². The van der Waals surface area contributed by atoms with Crippen LogP contribution < -0.4 is 0 Å². The van der Waals surface area contributed by atoms with Crippen molar-refractivity contribution in [2.75, 3.05) is 26.3 Å². The van der Waals surface area contributed by atoms with E-state index in [0.717, 1.165) is 26.3 Å². The molecule has 0 spiro atoms. The summed E-state index contributed by atoms with van der Waals surface area (Å²) in [4.78, 5) is 13.5. The van der Waals surface area contributed by atoms with Gasteiger partial charge in [0.25, 0.3) is 0 Å². The van der Waals surface area contributed by atoms with E-state index in [0.29, 0.717) is 18.2 Å². The molecule has 88 valence electrons.